The topological polar surface area (TPSA) is 41.6 Å². The molecule has 0 aromatic carbocycles. The van der Waals surface area contributed by atoms with Gasteiger partial charge in [0, 0.05) is 13.6 Å². The van der Waals surface area contributed by atoms with Crippen molar-refractivity contribution in [2.75, 3.05) is 20.7 Å². The zero-order valence-corrected chi connectivity index (χ0v) is 8.63. The number of rotatable bonds is 2. The summed E-state index contributed by atoms with van der Waals surface area (Å²) in [4.78, 5) is 16.2. The van der Waals surface area contributed by atoms with Crippen LogP contribution in [0.2, 0.25) is 0 Å². The molecule has 1 N–H and O–H groups in total. The van der Waals surface area contributed by atoms with Crippen molar-refractivity contribution in [2.24, 2.45) is 0 Å². The van der Waals surface area contributed by atoms with E-state index in [1.165, 1.54) is 12.2 Å². The number of likely N-dealkylation sites (N-methyl/N-ethyl adjacent to an activating group) is 1. The van der Waals surface area contributed by atoms with Gasteiger partial charge in [-0.2, -0.15) is 0 Å². The Morgan fingerprint density at radius 1 is 1.62 bits per heavy atom. The summed E-state index contributed by atoms with van der Waals surface area (Å²) in [5.41, 5.74) is 0. The molecular formula is C8H15ClN2O2. The van der Waals surface area contributed by atoms with Gasteiger partial charge in [-0.05, 0) is 6.42 Å². The van der Waals surface area contributed by atoms with E-state index in [4.69, 9.17) is 4.84 Å². The lowest BCUT2D eigenvalue weighted by Crippen LogP contribution is -2.45. The number of hydroxylamine groups is 2. The lowest BCUT2D eigenvalue weighted by Gasteiger charge is -2.23. The van der Waals surface area contributed by atoms with Crippen LogP contribution >= 0.6 is 12.4 Å². The van der Waals surface area contributed by atoms with Crippen molar-refractivity contribution >= 4 is 18.3 Å². The van der Waals surface area contributed by atoms with Crippen molar-refractivity contribution in [3.63, 3.8) is 0 Å². The molecule has 0 spiro atoms. The van der Waals surface area contributed by atoms with Crippen molar-refractivity contribution in [1.82, 2.24) is 10.4 Å². The summed E-state index contributed by atoms with van der Waals surface area (Å²) in [5, 5.41) is 4.32. The van der Waals surface area contributed by atoms with Gasteiger partial charge in [-0.1, -0.05) is 12.2 Å². The van der Waals surface area contributed by atoms with Gasteiger partial charge in [-0.15, -0.1) is 12.4 Å². The normalized spacial score (nSPS) is 20.6. The first-order valence-electron chi connectivity index (χ1n) is 3.95. The molecule has 0 saturated heterocycles. The van der Waals surface area contributed by atoms with Crippen LogP contribution in [0.25, 0.3) is 0 Å². The highest BCUT2D eigenvalue weighted by atomic mass is 35.5. The molecule has 0 aromatic rings. The fourth-order valence-corrected chi connectivity index (χ4v) is 1.11. The third-order valence-electron chi connectivity index (χ3n) is 1.90. The van der Waals surface area contributed by atoms with Crippen LogP contribution in [-0.2, 0) is 9.63 Å². The van der Waals surface area contributed by atoms with Crippen molar-refractivity contribution in [3.05, 3.63) is 12.2 Å². The summed E-state index contributed by atoms with van der Waals surface area (Å²) in [5.74, 6) is -0.0261. The smallest absolute Gasteiger partial charge is 0.263 e. The maximum absolute atomic E-state index is 11.4. The van der Waals surface area contributed by atoms with Crippen LogP contribution in [0.15, 0.2) is 12.2 Å². The third-order valence-corrected chi connectivity index (χ3v) is 1.90. The molecule has 1 unspecified atom stereocenters. The van der Waals surface area contributed by atoms with Crippen LogP contribution in [0.1, 0.15) is 6.42 Å². The number of hydrogen-bond acceptors (Lipinski definition) is 3. The van der Waals surface area contributed by atoms with Gasteiger partial charge in [0.15, 0.2) is 0 Å². The number of nitrogens with zero attached hydrogens (tertiary/aromatic N) is 1. The standard InChI is InChI=1S/C8H14N2O2.ClH/c1-10(12-2)8(11)7-5-3-4-6-9-7;/h3-4,7,9H,5-6H2,1-2H3;1H. The Hall–Kier alpha value is -0.580. The van der Waals surface area contributed by atoms with Gasteiger partial charge in [0.1, 0.15) is 0 Å². The molecule has 0 aliphatic carbocycles. The molecule has 1 aliphatic heterocycles. The van der Waals surface area contributed by atoms with E-state index in [1.807, 2.05) is 12.2 Å². The van der Waals surface area contributed by atoms with Crippen LogP contribution in [0.4, 0.5) is 0 Å². The van der Waals surface area contributed by atoms with Crippen LogP contribution in [-0.4, -0.2) is 37.7 Å². The van der Waals surface area contributed by atoms with E-state index in [2.05, 4.69) is 5.32 Å². The molecule has 0 fully saturated rings. The second-order valence-electron chi connectivity index (χ2n) is 2.69. The fourth-order valence-electron chi connectivity index (χ4n) is 1.11. The maximum atomic E-state index is 11.4. The number of carbonyl (C=O) groups is 1. The van der Waals surface area contributed by atoms with Crippen molar-refractivity contribution in [3.8, 4) is 0 Å². The van der Waals surface area contributed by atoms with E-state index in [9.17, 15) is 4.79 Å². The second-order valence-corrected chi connectivity index (χ2v) is 2.69. The van der Waals surface area contributed by atoms with Gasteiger partial charge < -0.3 is 5.32 Å². The Kier molecular flexibility index (Phi) is 5.70. The summed E-state index contributed by atoms with van der Waals surface area (Å²) < 4.78 is 0. The van der Waals surface area contributed by atoms with Crippen LogP contribution < -0.4 is 5.32 Å². The highest BCUT2D eigenvalue weighted by Gasteiger charge is 2.21. The summed E-state index contributed by atoms with van der Waals surface area (Å²) in [6.07, 6.45) is 4.76. The average molecular weight is 207 g/mol. The van der Waals surface area contributed by atoms with Crippen LogP contribution in [0.5, 0.6) is 0 Å². The molecule has 13 heavy (non-hydrogen) atoms. The number of hydrogen-bond donors (Lipinski definition) is 1. The van der Waals surface area contributed by atoms with E-state index < -0.39 is 0 Å². The Balaban J connectivity index is 0.00000144. The Morgan fingerprint density at radius 2 is 2.31 bits per heavy atom. The third kappa shape index (κ3) is 3.34. The molecule has 76 valence electrons. The molecule has 4 nitrogen and oxygen atoms in total. The molecule has 1 aliphatic rings. The predicted molar refractivity (Wildman–Crippen MR) is 52.6 cm³/mol. The molecule has 1 heterocycles. The highest BCUT2D eigenvalue weighted by molar-refractivity contribution is 5.85. The Morgan fingerprint density at radius 3 is 2.77 bits per heavy atom. The van der Waals surface area contributed by atoms with E-state index in [-0.39, 0.29) is 24.4 Å². The summed E-state index contributed by atoms with van der Waals surface area (Å²) in [6, 6.07) is -0.125. The van der Waals surface area contributed by atoms with Crippen LogP contribution in [0, 0.1) is 0 Å². The van der Waals surface area contributed by atoms with E-state index in [0.29, 0.717) is 0 Å². The molecule has 0 bridgehead atoms. The highest BCUT2D eigenvalue weighted by Crippen LogP contribution is 2.02. The number of nitrogens with one attached hydrogen (secondary N) is 1. The molecule has 1 amide bonds. The monoisotopic (exact) mass is 206 g/mol. The molecule has 5 heteroatoms. The number of carbonyl (C=O) groups excluding carboxylic acids is 1. The minimum absolute atomic E-state index is 0. The van der Waals surface area contributed by atoms with Gasteiger partial charge in [-0.3, -0.25) is 9.63 Å². The first kappa shape index (κ1) is 12.4. The zero-order chi connectivity index (χ0) is 8.97. The summed E-state index contributed by atoms with van der Waals surface area (Å²) in [6.45, 7) is 0.758. The minimum Gasteiger partial charge on any atom is -0.302 e. The number of amides is 1. The lowest BCUT2D eigenvalue weighted by molar-refractivity contribution is -0.171. The zero-order valence-electron chi connectivity index (χ0n) is 7.82. The van der Waals surface area contributed by atoms with Crippen molar-refractivity contribution in [1.29, 1.82) is 0 Å². The molecule has 0 saturated carbocycles. The fraction of sp³-hybridized carbons (Fsp3) is 0.625. The maximum Gasteiger partial charge on any atom is 0.263 e. The summed E-state index contributed by atoms with van der Waals surface area (Å²) in [7, 11) is 3.10. The van der Waals surface area contributed by atoms with E-state index >= 15 is 0 Å². The molecule has 0 aromatic heterocycles. The average Bonchev–Trinajstić information content (AvgIpc) is 2.17. The predicted octanol–water partition coefficient (Wildman–Crippen LogP) is 0.346. The quantitative estimate of drug-likeness (QED) is 0.524. The first-order valence-corrected chi connectivity index (χ1v) is 3.95. The lowest BCUT2D eigenvalue weighted by atomic mass is 10.1. The van der Waals surface area contributed by atoms with Crippen molar-refractivity contribution < 1.29 is 9.63 Å². The second kappa shape index (κ2) is 5.96. The molecule has 0 radical (unpaired) electrons. The molecular weight excluding hydrogens is 192 g/mol. The van der Waals surface area contributed by atoms with Gasteiger partial charge in [-0.25, -0.2) is 5.06 Å². The Labute approximate surface area is 84.3 Å². The van der Waals surface area contributed by atoms with Gasteiger partial charge in [0.05, 0.1) is 13.2 Å². The molecule has 1 atom stereocenters. The van der Waals surface area contributed by atoms with Gasteiger partial charge in [0.25, 0.3) is 5.91 Å². The minimum atomic E-state index is -0.125. The first-order chi connectivity index (χ1) is 5.75. The number of halogens is 1. The Bertz CT molecular complexity index is 197. The van der Waals surface area contributed by atoms with Crippen LogP contribution in [0.3, 0.4) is 0 Å². The van der Waals surface area contributed by atoms with Crippen molar-refractivity contribution in [2.45, 2.75) is 12.5 Å². The SMILES string of the molecule is CON(C)C(=O)C1CC=CCN1.Cl. The molecule has 1 rings (SSSR count). The summed E-state index contributed by atoms with van der Waals surface area (Å²) >= 11 is 0. The largest absolute Gasteiger partial charge is 0.302 e. The van der Waals surface area contributed by atoms with E-state index in [1.54, 1.807) is 7.05 Å². The van der Waals surface area contributed by atoms with E-state index in [0.717, 1.165) is 13.0 Å². The van der Waals surface area contributed by atoms with Gasteiger partial charge >= 0.3 is 0 Å². The van der Waals surface area contributed by atoms with Gasteiger partial charge in [0.2, 0.25) is 0 Å².